The van der Waals surface area contributed by atoms with Gasteiger partial charge in [-0.05, 0) is 11.6 Å². The monoisotopic (exact) mass is 433 g/mol. The molecule has 1 rings (SSSR count). The van der Waals surface area contributed by atoms with Crippen molar-refractivity contribution in [2.45, 2.75) is 25.6 Å². The number of amides is 1. The Morgan fingerprint density at radius 3 is 1.97 bits per heavy atom. The van der Waals surface area contributed by atoms with Gasteiger partial charge in [-0.2, -0.15) is 13.2 Å². The minimum atomic E-state index is -4.58. The third-order valence-corrected chi connectivity index (χ3v) is 4.35. The van der Waals surface area contributed by atoms with E-state index in [0.29, 0.717) is 0 Å². The smallest absolute Gasteiger partial charge is 0.416 e. The highest BCUT2D eigenvalue weighted by Crippen LogP contribution is 2.29. The minimum absolute atomic E-state index is 0.0519. The van der Waals surface area contributed by atoms with Gasteiger partial charge in [0.1, 0.15) is 6.04 Å². The maximum atomic E-state index is 12.8. The molecule has 0 saturated carbocycles. The predicted molar refractivity (Wildman–Crippen MR) is 95.8 cm³/mol. The summed E-state index contributed by atoms with van der Waals surface area (Å²) < 4.78 is 52.2. The molecule has 0 fully saturated rings. The fourth-order valence-corrected chi connectivity index (χ4v) is 2.77. The molecule has 8 nitrogen and oxygen atoms in total. The summed E-state index contributed by atoms with van der Waals surface area (Å²) in [6.45, 7) is 1.32. The lowest BCUT2D eigenvalue weighted by atomic mass is 9.87. The molecular weight excluding hydrogens is 411 g/mol. The Kier molecular flexibility index (Phi) is 8.81. The molecule has 0 bridgehead atoms. The van der Waals surface area contributed by atoms with E-state index in [0.717, 1.165) is 39.5 Å². The van der Waals surface area contributed by atoms with Gasteiger partial charge in [0, 0.05) is 5.92 Å². The zero-order valence-electron chi connectivity index (χ0n) is 16.7. The molecule has 1 aromatic rings. The van der Waals surface area contributed by atoms with Crippen LogP contribution in [0.5, 0.6) is 0 Å². The lowest BCUT2D eigenvalue weighted by Crippen LogP contribution is -2.51. The largest absolute Gasteiger partial charge is 0.468 e. The predicted octanol–water partition coefficient (Wildman–Crippen LogP) is 1.50. The molecule has 0 aliphatic rings. The Morgan fingerprint density at radius 1 is 0.967 bits per heavy atom. The molecule has 1 N–H and O–H groups in total. The number of methoxy groups -OCH3 is 3. The van der Waals surface area contributed by atoms with Crippen LogP contribution in [0, 0.1) is 11.8 Å². The van der Waals surface area contributed by atoms with Crippen LogP contribution >= 0.6 is 0 Å². The van der Waals surface area contributed by atoms with Gasteiger partial charge < -0.3 is 19.5 Å². The number of benzene rings is 1. The maximum absolute atomic E-state index is 12.8. The van der Waals surface area contributed by atoms with E-state index in [1.54, 1.807) is 0 Å². The Balaban J connectivity index is 3.07. The van der Waals surface area contributed by atoms with E-state index in [1.165, 1.54) is 13.0 Å². The van der Waals surface area contributed by atoms with Gasteiger partial charge in [-0.15, -0.1) is 0 Å². The van der Waals surface area contributed by atoms with Crippen molar-refractivity contribution in [1.29, 1.82) is 0 Å². The summed E-state index contributed by atoms with van der Waals surface area (Å²) in [5.74, 6) is -6.44. The third kappa shape index (κ3) is 6.46. The zero-order valence-corrected chi connectivity index (χ0v) is 16.7. The SMILES string of the molecule is COC(=O)C(C(=O)OC)[C@H](C)[C@@H](NC(=O)Cc1cccc(C(F)(F)F)c1)C(=O)OC. The highest BCUT2D eigenvalue weighted by atomic mass is 19.4. The fraction of sp³-hybridized carbons (Fsp3) is 0.474. The number of rotatable bonds is 8. The van der Waals surface area contributed by atoms with Crippen molar-refractivity contribution >= 4 is 23.8 Å². The van der Waals surface area contributed by atoms with Gasteiger partial charge >= 0.3 is 24.1 Å². The Bertz CT molecular complexity index is 779. The molecule has 0 spiro atoms. The second-order valence-electron chi connectivity index (χ2n) is 6.33. The lowest BCUT2D eigenvalue weighted by Gasteiger charge is -2.27. The zero-order chi connectivity index (χ0) is 23.1. The first-order valence-corrected chi connectivity index (χ1v) is 8.65. The molecule has 1 aromatic carbocycles. The van der Waals surface area contributed by atoms with Gasteiger partial charge in [-0.25, -0.2) is 4.79 Å². The van der Waals surface area contributed by atoms with Crippen molar-refractivity contribution in [2.24, 2.45) is 11.8 Å². The van der Waals surface area contributed by atoms with Crippen LogP contribution in [0.25, 0.3) is 0 Å². The van der Waals surface area contributed by atoms with Crippen LogP contribution in [0.4, 0.5) is 13.2 Å². The molecule has 2 atom stereocenters. The van der Waals surface area contributed by atoms with Crippen molar-refractivity contribution in [3.05, 3.63) is 35.4 Å². The normalized spacial score (nSPS) is 13.2. The molecule has 166 valence electrons. The summed E-state index contributed by atoms with van der Waals surface area (Å²) in [5.41, 5.74) is -0.877. The first-order chi connectivity index (χ1) is 14.0. The lowest BCUT2D eigenvalue weighted by molar-refractivity contribution is -0.163. The average Bonchev–Trinajstić information content (AvgIpc) is 2.70. The van der Waals surface area contributed by atoms with E-state index >= 15 is 0 Å². The van der Waals surface area contributed by atoms with Crippen molar-refractivity contribution in [1.82, 2.24) is 5.32 Å². The number of alkyl halides is 3. The average molecular weight is 433 g/mol. The fourth-order valence-electron chi connectivity index (χ4n) is 2.77. The van der Waals surface area contributed by atoms with Crippen molar-refractivity contribution in [3.63, 3.8) is 0 Å². The van der Waals surface area contributed by atoms with Crippen molar-refractivity contribution in [3.8, 4) is 0 Å². The second kappa shape index (κ2) is 10.6. The maximum Gasteiger partial charge on any atom is 0.416 e. The quantitative estimate of drug-likeness (QED) is 0.376. The Hall–Kier alpha value is -3.11. The van der Waals surface area contributed by atoms with E-state index in [-0.39, 0.29) is 5.56 Å². The third-order valence-electron chi connectivity index (χ3n) is 4.35. The van der Waals surface area contributed by atoms with E-state index in [2.05, 4.69) is 19.5 Å². The Morgan fingerprint density at radius 2 is 1.50 bits per heavy atom. The highest BCUT2D eigenvalue weighted by Gasteiger charge is 2.42. The first-order valence-electron chi connectivity index (χ1n) is 8.65. The number of ether oxygens (including phenoxy) is 3. The molecule has 0 saturated heterocycles. The van der Waals surface area contributed by atoms with Crippen LogP contribution in [0.3, 0.4) is 0 Å². The summed E-state index contributed by atoms with van der Waals surface area (Å²) in [7, 11) is 3.10. The highest BCUT2D eigenvalue weighted by molar-refractivity contribution is 5.96. The number of nitrogens with one attached hydrogen (secondary N) is 1. The summed E-state index contributed by atoms with van der Waals surface area (Å²) in [4.78, 5) is 48.5. The second-order valence-corrected chi connectivity index (χ2v) is 6.33. The minimum Gasteiger partial charge on any atom is -0.468 e. The molecule has 11 heteroatoms. The van der Waals surface area contributed by atoms with Gasteiger partial charge in [0.05, 0.1) is 33.3 Å². The number of carbonyl (C=O) groups is 4. The topological polar surface area (TPSA) is 108 Å². The number of carbonyl (C=O) groups excluding carboxylic acids is 4. The van der Waals surface area contributed by atoms with Crippen LogP contribution in [-0.4, -0.2) is 51.2 Å². The van der Waals surface area contributed by atoms with Gasteiger partial charge in [0.25, 0.3) is 0 Å². The summed E-state index contributed by atoms with van der Waals surface area (Å²) in [5, 5.41) is 2.30. The van der Waals surface area contributed by atoms with Gasteiger partial charge in [0.2, 0.25) is 5.91 Å². The molecule has 0 aliphatic carbocycles. The molecule has 0 aromatic heterocycles. The molecular formula is C19H22F3NO7. The standard InChI is InChI=1S/C19H22F3NO7/c1-10(14(16(25)28-2)17(26)29-3)15(18(27)30-4)23-13(24)9-11-6-5-7-12(8-11)19(20,21)22/h5-8,10,14-15H,9H2,1-4H3,(H,23,24)/t10-,15+/m0/s1. The van der Waals surface area contributed by atoms with Gasteiger partial charge in [0.15, 0.2) is 5.92 Å². The number of esters is 3. The van der Waals surface area contributed by atoms with Gasteiger partial charge in [-0.3, -0.25) is 14.4 Å². The van der Waals surface area contributed by atoms with E-state index < -0.39 is 59.9 Å². The summed E-state index contributed by atoms with van der Waals surface area (Å²) in [6.07, 6.45) is -5.06. The molecule has 0 radical (unpaired) electrons. The summed E-state index contributed by atoms with van der Waals surface area (Å²) >= 11 is 0. The number of hydrogen-bond acceptors (Lipinski definition) is 7. The van der Waals surface area contributed by atoms with Crippen LogP contribution in [0.1, 0.15) is 18.1 Å². The van der Waals surface area contributed by atoms with Crippen LogP contribution < -0.4 is 5.32 Å². The summed E-state index contributed by atoms with van der Waals surface area (Å²) in [6, 6.07) is 2.67. The molecule has 0 heterocycles. The number of halogens is 3. The molecule has 0 aliphatic heterocycles. The molecule has 1 amide bonds. The van der Waals surface area contributed by atoms with Crippen molar-refractivity contribution in [2.75, 3.05) is 21.3 Å². The molecule has 30 heavy (non-hydrogen) atoms. The van der Waals surface area contributed by atoms with E-state index in [1.807, 2.05) is 0 Å². The van der Waals surface area contributed by atoms with Crippen LogP contribution in [0.2, 0.25) is 0 Å². The van der Waals surface area contributed by atoms with Crippen molar-refractivity contribution < 1.29 is 46.6 Å². The van der Waals surface area contributed by atoms with E-state index in [4.69, 9.17) is 0 Å². The van der Waals surface area contributed by atoms with E-state index in [9.17, 15) is 32.3 Å². The molecule has 0 unspecified atom stereocenters. The first kappa shape index (κ1) is 24.9. The Labute approximate surface area is 170 Å². The van der Waals surface area contributed by atoms with Crippen LogP contribution in [-0.2, 0) is 46.0 Å². The van der Waals surface area contributed by atoms with Gasteiger partial charge in [-0.1, -0.05) is 25.1 Å². The number of hydrogen-bond donors (Lipinski definition) is 1. The van der Waals surface area contributed by atoms with Crippen LogP contribution in [0.15, 0.2) is 24.3 Å².